The van der Waals surface area contributed by atoms with Gasteiger partial charge >= 0.3 is 6.09 Å². The van der Waals surface area contributed by atoms with Crippen LogP contribution in [0.5, 0.6) is 0 Å². The van der Waals surface area contributed by atoms with Gasteiger partial charge in [0.05, 0.1) is 6.04 Å². The number of ether oxygens (including phenoxy) is 1. The number of nitrogens with one attached hydrogen (secondary N) is 1. The molecule has 1 atom stereocenters. The second kappa shape index (κ2) is 8.31. The number of hydrogen-bond donors (Lipinski definition) is 1. The lowest BCUT2D eigenvalue weighted by Crippen LogP contribution is -2.34. The molecule has 0 fully saturated rings. The van der Waals surface area contributed by atoms with E-state index in [1.807, 2.05) is 45.0 Å². The molecular formula is C27H30N4O3. The first-order valence-electron chi connectivity index (χ1n) is 11.8. The summed E-state index contributed by atoms with van der Waals surface area (Å²) in [6.07, 6.45) is 3.33. The van der Waals surface area contributed by atoms with Crippen LogP contribution < -0.4 is 5.32 Å². The Morgan fingerprint density at radius 2 is 2.03 bits per heavy atom. The molecule has 2 aromatic carbocycles. The molecule has 1 amide bonds. The van der Waals surface area contributed by atoms with Gasteiger partial charge in [0, 0.05) is 34.3 Å². The number of carbonyl (C=O) groups excluding carboxylic acids is 1. The molecule has 0 saturated heterocycles. The fourth-order valence-corrected chi connectivity index (χ4v) is 4.66. The lowest BCUT2D eigenvalue weighted by Gasteiger charge is -2.22. The summed E-state index contributed by atoms with van der Waals surface area (Å²) in [5.74, 6) is 1.05. The van der Waals surface area contributed by atoms with Crippen molar-refractivity contribution >= 4 is 17.0 Å². The zero-order valence-corrected chi connectivity index (χ0v) is 20.3. The van der Waals surface area contributed by atoms with Crippen LogP contribution in [-0.2, 0) is 11.2 Å². The third-order valence-electron chi connectivity index (χ3n) is 6.15. The van der Waals surface area contributed by atoms with E-state index >= 15 is 0 Å². The number of fused-ring (bicyclic) bond motifs is 2. The van der Waals surface area contributed by atoms with Crippen LogP contribution in [0.25, 0.3) is 33.7 Å². The molecule has 4 aromatic rings. The number of amides is 1. The van der Waals surface area contributed by atoms with Crippen molar-refractivity contribution in [1.82, 2.24) is 20.0 Å². The third-order valence-corrected chi connectivity index (χ3v) is 6.15. The second-order valence-corrected chi connectivity index (χ2v) is 10.1. The minimum absolute atomic E-state index is 0.0939. The van der Waals surface area contributed by atoms with E-state index in [-0.39, 0.29) is 6.04 Å². The molecule has 34 heavy (non-hydrogen) atoms. The van der Waals surface area contributed by atoms with Gasteiger partial charge in [-0.05, 0) is 82.9 Å². The zero-order chi connectivity index (χ0) is 24.0. The number of alkyl carbamates (subject to hydrolysis) is 1. The molecular weight excluding hydrogens is 428 g/mol. The van der Waals surface area contributed by atoms with Crippen molar-refractivity contribution in [1.29, 1.82) is 0 Å². The van der Waals surface area contributed by atoms with Gasteiger partial charge in [0.25, 0.3) is 5.89 Å². The van der Waals surface area contributed by atoms with Crippen LogP contribution in [0.15, 0.2) is 53.2 Å². The summed E-state index contributed by atoms with van der Waals surface area (Å²) in [4.78, 5) is 17.0. The topological polar surface area (TPSA) is 82.2 Å². The van der Waals surface area contributed by atoms with Crippen molar-refractivity contribution < 1.29 is 14.1 Å². The van der Waals surface area contributed by atoms with E-state index in [0.29, 0.717) is 17.8 Å². The summed E-state index contributed by atoms with van der Waals surface area (Å²) < 4.78 is 13.3. The Morgan fingerprint density at radius 1 is 1.21 bits per heavy atom. The second-order valence-electron chi connectivity index (χ2n) is 10.1. The molecule has 0 bridgehead atoms. The van der Waals surface area contributed by atoms with E-state index in [4.69, 9.17) is 14.2 Å². The zero-order valence-electron chi connectivity index (χ0n) is 20.3. The minimum Gasteiger partial charge on any atom is -0.444 e. The lowest BCUT2D eigenvalue weighted by molar-refractivity contribution is 0.0503. The van der Waals surface area contributed by atoms with Crippen LogP contribution in [0.1, 0.15) is 64.3 Å². The fourth-order valence-electron chi connectivity index (χ4n) is 4.66. The number of benzene rings is 2. The average Bonchev–Trinajstić information content (AvgIpc) is 3.50. The van der Waals surface area contributed by atoms with Crippen molar-refractivity contribution in [2.45, 2.75) is 65.1 Å². The summed E-state index contributed by atoms with van der Waals surface area (Å²) in [7, 11) is 0. The standard InChI is InChI=1S/C27H30N4O3/c1-16(2)31-14-13-17-15-18(9-12-23(17)31)25-29-24(30-34-25)21-8-6-7-20-19(21)10-11-22(20)28-26(32)33-27(3,4)5/h6-9,12-16,22H,10-11H2,1-5H3,(H,28,32)/t22-/m0/s1. The summed E-state index contributed by atoms with van der Waals surface area (Å²) in [6.45, 7) is 9.92. The van der Waals surface area contributed by atoms with E-state index in [9.17, 15) is 4.79 Å². The van der Waals surface area contributed by atoms with E-state index < -0.39 is 11.7 Å². The van der Waals surface area contributed by atoms with Gasteiger partial charge in [-0.2, -0.15) is 4.98 Å². The third kappa shape index (κ3) is 4.18. The smallest absolute Gasteiger partial charge is 0.408 e. The maximum absolute atomic E-state index is 12.3. The largest absolute Gasteiger partial charge is 0.444 e. The monoisotopic (exact) mass is 458 g/mol. The number of hydrogen-bond acceptors (Lipinski definition) is 5. The van der Waals surface area contributed by atoms with Gasteiger partial charge < -0.3 is 19.1 Å². The summed E-state index contributed by atoms with van der Waals surface area (Å²) in [5, 5.41) is 8.43. The molecule has 2 aromatic heterocycles. The molecule has 7 nitrogen and oxygen atoms in total. The van der Waals surface area contributed by atoms with Crippen LogP contribution in [0.3, 0.4) is 0 Å². The summed E-state index contributed by atoms with van der Waals surface area (Å²) in [5.41, 5.74) is 4.70. The van der Waals surface area contributed by atoms with Gasteiger partial charge in [-0.15, -0.1) is 0 Å². The van der Waals surface area contributed by atoms with Gasteiger partial charge in [0.15, 0.2) is 0 Å². The molecule has 5 rings (SSSR count). The molecule has 2 heterocycles. The molecule has 0 unspecified atom stereocenters. The Hall–Kier alpha value is -3.61. The van der Waals surface area contributed by atoms with Crippen LogP contribution in [0.2, 0.25) is 0 Å². The van der Waals surface area contributed by atoms with Crippen LogP contribution in [0.4, 0.5) is 4.79 Å². The summed E-state index contributed by atoms with van der Waals surface area (Å²) in [6, 6.07) is 14.6. The molecule has 0 radical (unpaired) electrons. The van der Waals surface area contributed by atoms with Crippen LogP contribution in [-0.4, -0.2) is 26.4 Å². The van der Waals surface area contributed by atoms with Crippen molar-refractivity contribution in [3.63, 3.8) is 0 Å². The first-order valence-corrected chi connectivity index (χ1v) is 11.8. The van der Waals surface area contributed by atoms with E-state index in [2.05, 4.69) is 53.3 Å². The molecule has 0 aliphatic heterocycles. The van der Waals surface area contributed by atoms with Gasteiger partial charge in [-0.1, -0.05) is 23.4 Å². The Balaban J connectivity index is 1.41. The van der Waals surface area contributed by atoms with Crippen molar-refractivity contribution in [3.8, 4) is 22.8 Å². The highest BCUT2D eigenvalue weighted by molar-refractivity contribution is 5.84. The molecule has 7 heteroatoms. The normalized spacial score (nSPS) is 15.6. The summed E-state index contributed by atoms with van der Waals surface area (Å²) >= 11 is 0. The maximum atomic E-state index is 12.3. The molecule has 1 aliphatic rings. The molecule has 1 N–H and O–H groups in total. The van der Waals surface area contributed by atoms with Crippen molar-refractivity contribution in [2.75, 3.05) is 0 Å². The van der Waals surface area contributed by atoms with Gasteiger partial charge in [0.1, 0.15) is 5.60 Å². The van der Waals surface area contributed by atoms with Crippen molar-refractivity contribution in [3.05, 3.63) is 59.8 Å². The fraction of sp³-hybridized carbons (Fsp3) is 0.370. The highest BCUT2D eigenvalue weighted by Crippen LogP contribution is 2.37. The van der Waals surface area contributed by atoms with Crippen LogP contribution in [0, 0.1) is 0 Å². The minimum atomic E-state index is -0.533. The Labute approximate surface area is 199 Å². The number of rotatable bonds is 4. The first kappa shape index (κ1) is 22.2. The van der Waals surface area contributed by atoms with Gasteiger partial charge in [0.2, 0.25) is 5.82 Å². The Bertz CT molecular complexity index is 1360. The quantitative estimate of drug-likeness (QED) is 0.380. The van der Waals surface area contributed by atoms with E-state index in [1.165, 1.54) is 5.52 Å². The maximum Gasteiger partial charge on any atom is 0.408 e. The highest BCUT2D eigenvalue weighted by Gasteiger charge is 2.29. The van der Waals surface area contributed by atoms with Crippen LogP contribution >= 0.6 is 0 Å². The molecule has 0 spiro atoms. The van der Waals surface area contributed by atoms with Gasteiger partial charge in [-0.25, -0.2) is 4.79 Å². The number of aromatic nitrogens is 3. The number of nitrogens with zero attached hydrogens (tertiary/aromatic N) is 3. The number of carbonyl (C=O) groups is 1. The first-order chi connectivity index (χ1) is 16.2. The lowest BCUT2D eigenvalue weighted by atomic mass is 10.0. The van der Waals surface area contributed by atoms with E-state index in [1.54, 1.807) is 0 Å². The Kier molecular flexibility index (Phi) is 5.42. The predicted octanol–water partition coefficient (Wildman–Crippen LogP) is 6.45. The average molecular weight is 459 g/mol. The highest BCUT2D eigenvalue weighted by atomic mass is 16.6. The SMILES string of the molecule is CC(C)n1ccc2cc(-c3nc(-c4cccc5c4CC[C@@H]5NC(=O)OC(C)(C)C)no3)ccc21. The molecule has 176 valence electrons. The van der Waals surface area contributed by atoms with Crippen molar-refractivity contribution in [2.24, 2.45) is 0 Å². The molecule has 1 aliphatic carbocycles. The molecule has 0 saturated carbocycles. The predicted molar refractivity (Wildman–Crippen MR) is 131 cm³/mol. The van der Waals surface area contributed by atoms with E-state index in [0.717, 1.165) is 40.5 Å². The Morgan fingerprint density at radius 3 is 2.79 bits per heavy atom. The van der Waals surface area contributed by atoms with Gasteiger partial charge in [-0.3, -0.25) is 0 Å².